The number of ether oxygens (including phenoxy) is 1. The molecule has 3 aromatic rings. The number of piperidine rings is 1. The summed E-state index contributed by atoms with van der Waals surface area (Å²) in [5.41, 5.74) is 13.4. The number of halogens is 3. The minimum Gasteiger partial charge on any atom is -0.482 e. The fraction of sp³-hybridized carbons (Fsp3) is 0.348. The topological polar surface area (TPSA) is 112 Å². The Bertz CT molecular complexity index is 1200. The molecule has 0 saturated carbocycles. The maximum Gasteiger partial charge on any atom is 0.236 e. The highest BCUT2D eigenvalue weighted by Crippen LogP contribution is 2.37. The van der Waals surface area contributed by atoms with Crippen LogP contribution in [-0.4, -0.2) is 45.2 Å². The molecule has 1 unspecified atom stereocenters. The lowest BCUT2D eigenvalue weighted by Gasteiger charge is -2.31. The maximum absolute atomic E-state index is 13.9. The fourth-order valence-corrected chi connectivity index (χ4v) is 4.75. The van der Waals surface area contributed by atoms with E-state index in [-0.39, 0.29) is 29.3 Å². The smallest absolute Gasteiger partial charge is 0.236 e. The summed E-state index contributed by atoms with van der Waals surface area (Å²) in [5, 5.41) is 4.71. The number of aromatic nitrogens is 3. The van der Waals surface area contributed by atoms with Gasteiger partial charge in [0.25, 0.3) is 0 Å². The van der Waals surface area contributed by atoms with Crippen LogP contribution in [0.25, 0.3) is 11.1 Å². The van der Waals surface area contributed by atoms with Crippen molar-refractivity contribution in [2.45, 2.75) is 31.9 Å². The van der Waals surface area contributed by atoms with Gasteiger partial charge in [-0.05, 0) is 38.0 Å². The lowest BCUT2D eigenvalue weighted by molar-refractivity contribution is -0.130. The number of benzene rings is 1. The van der Waals surface area contributed by atoms with Crippen molar-refractivity contribution in [3.05, 3.63) is 58.2 Å². The van der Waals surface area contributed by atoms with Gasteiger partial charge in [-0.3, -0.25) is 9.48 Å². The number of rotatable bonds is 6. The molecule has 1 atom stereocenters. The van der Waals surface area contributed by atoms with Crippen LogP contribution < -0.4 is 16.2 Å². The number of carbonyl (C=O) groups is 1. The number of pyridine rings is 1. The van der Waals surface area contributed by atoms with Crippen LogP contribution in [0.1, 0.15) is 37.5 Å². The highest BCUT2D eigenvalue weighted by atomic mass is 35.5. The Morgan fingerprint density at radius 2 is 2.00 bits per heavy atom. The minimum absolute atomic E-state index is 0.0291. The van der Waals surface area contributed by atoms with E-state index in [9.17, 15) is 9.18 Å². The van der Waals surface area contributed by atoms with Gasteiger partial charge in [-0.1, -0.05) is 23.2 Å². The third kappa shape index (κ3) is 4.96. The molecule has 0 spiro atoms. The van der Waals surface area contributed by atoms with E-state index in [1.165, 1.54) is 12.1 Å². The Balaban J connectivity index is 1.51. The van der Waals surface area contributed by atoms with E-state index in [0.29, 0.717) is 29.4 Å². The molecule has 1 aromatic carbocycles. The number of anilines is 1. The highest BCUT2D eigenvalue weighted by molar-refractivity contribution is 6.36. The zero-order valence-corrected chi connectivity index (χ0v) is 20.1. The second-order valence-corrected chi connectivity index (χ2v) is 8.93. The van der Waals surface area contributed by atoms with Gasteiger partial charge < -0.3 is 21.1 Å². The average molecular weight is 507 g/mol. The molecule has 1 amide bonds. The lowest BCUT2D eigenvalue weighted by atomic mass is 10.1. The van der Waals surface area contributed by atoms with Crippen molar-refractivity contribution < 1.29 is 13.9 Å². The summed E-state index contributed by atoms with van der Waals surface area (Å²) in [6, 6.07) is 4.57. The summed E-state index contributed by atoms with van der Waals surface area (Å²) in [6.07, 6.45) is 6.25. The van der Waals surface area contributed by atoms with Crippen molar-refractivity contribution in [1.29, 1.82) is 0 Å². The molecule has 0 aliphatic carbocycles. The minimum atomic E-state index is -0.667. The average Bonchev–Trinajstić information content (AvgIpc) is 3.33. The van der Waals surface area contributed by atoms with E-state index < -0.39 is 11.9 Å². The van der Waals surface area contributed by atoms with Crippen LogP contribution in [0.2, 0.25) is 10.0 Å². The number of carbonyl (C=O) groups excluding carboxylic acids is 1. The van der Waals surface area contributed by atoms with E-state index in [2.05, 4.69) is 10.1 Å². The van der Waals surface area contributed by atoms with Crippen molar-refractivity contribution >= 4 is 34.9 Å². The van der Waals surface area contributed by atoms with Crippen molar-refractivity contribution in [2.75, 3.05) is 25.4 Å². The number of nitrogens with two attached hydrogens (primary N) is 2. The summed E-state index contributed by atoms with van der Waals surface area (Å²) in [6.45, 7) is 3.04. The second-order valence-electron chi connectivity index (χ2n) is 8.15. The molecule has 1 fully saturated rings. The molecule has 1 saturated heterocycles. The van der Waals surface area contributed by atoms with Gasteiger partial charge in [0.15, 0.2) is 11.6 Å². The first-order chi connectivity index (χ1) is 16.3. The first kappa shape index (κ1) is 24.3. The summed E-state index contributed by atoms with van der Waals surface area (Å²) in [4.78, 5) is 17.8. The van der Waals surface area contributed by atoms with E-state index in [4.69, 9.17) is 39.4 Å². The van der Waals surface area contributed by atoms with Crippen molar-refractivity contribution in [3.8, 4) is 16.9 Å². The van der Waals surface area contributed by atoms with Crippen LogP contribution in [0, 0.1) is 5.82 Å². The van der Waals surface area contributed by atoms with Crippen LogP contribution in [0.3, 0.4) is 0 Å². The van der Waals surface area contributed by atoms with Crippen molar-refractivity contribution in [3.63, 3.8) is 0 Å². The van der Waals surface area contributed by atoms with Gasteiger partial charge in [0, 0.05) is 47.2 Å². The largest absolute Gasteiger partial charge is 0.482 e. The molecule has 11 heteroatoms. The third-order valence-electron chi connectivity index (χ3n) is 5.97. The Morgan fingerprint density at radius 3 is 2.71 bits per heavy atom. The maximum atomic E-state index is 13.9. The van der Waals surface area contributed by atoms with Gasteiger partial charge in [0.1, 0.15) is 11.9 Å². The van der Waals surface area contributed by atoms with Crippen LogP contribution in [0.5, 0.6) is 5.75 Å². The van der Waals surface area contributed by atoms with Crippen LogP contribution in [-0.2, 0) is 4.79 Å². The molecule has 34 heavy (non-hydrogen) atoms. The molecule has 1 aliphatic heterocycles. The number of nitrogen functional groups attached to an aromatic ring is 1. The predicted octanol–water partition coefficient (Wildman–Crippen LogP) is 4.24. The molecule has 180 valence electrons. The molecule has 0 bridgehead atoms. The first-order valence-electron chi connectivity index (χ1n) is 10.9. The van der Waals surface area contributed by atoms with Crippen LogP contribution >= 0.6 is 23.2 Å². The number of nitrogens with zero attached hydrogens (tertiary/aromatic N) is 4. The van der Waals surface area contributed by atoms with Gasteiger partial charge in [0.2, 0.25) is 5.91 Å². The number of hydrogen-bond acceptors (Lipinski definition) is 6. The molecule has 2 aromatic heterocycles. The second kappa shape index (κ2) is 10.2. The zero-order chi connectivity index (χ0) is 24.4. The Labute approximate surface area is 206 Å². The van der Waals surface area contributed by atoms with E-state index >= 15 is 0 Å². The van der Waals surface area contributed by atoms with Gasteiger partial charge in [0.05, 0.1) is 23.8 Å². The quantitative estimate of drug-likeness (QED) is 0.483. The molecule has 1 aliphatic rings. The lowest BCUT2D eigenvalue weighted by Crippen LogP contribution is -2.42. The van der Waals surface area contributed by atoms with E-state index in [1.807, 2.05) is 10.9 Å². The van der Waals surface area contributed by atoms with Gasteiger partial charge in [-0.2, -0.15) is 5.10 Å². The van der Waals surface area contributed by atoms with Gasteiger partial charge >= 0.3 is 0 Å². The van der Waals surface area contributed by atoms with Gasteiger partial charge in [-0.25, -0.2) is 9.37 Å². The zero-order valence-electron chi connectivity index (χ0n) is 18.5. The monoisotopic (exact) mass is 506 g/mol. The summed E-state index contributed by atoms with van der Waals surface area (Å²) < 4.78 is 21.8. The first-order valence-corrected chi connectivity index (χ1v) is 11.6. The fourth-order valence-electron chi connectivity index (χ4n) is 4.07. The summed E-state index contributed by atoms with van der Waals surface area (Å²) >= 11 is 12.3. The van der Waals surface area contributed by atoms with Crippen LogP contribution in [0.15, 0.2) is 36.8 Å². The van der Waals surface area contributed by atoms with Gasteiger partial charge in [-0.15, -0.1) is 0 Å². The standard InChI is InChI=1S/C23H25Cl2FN6O2/c1-13(21-17(24)2-3-18(26)22(21)25)34-19-8-14(10-29-23(19)28)15-11-30-32(12-15)16-4-6-31(7-5-16)20(33)9-27/h2-3,8,10-13,16H,4-7,9,27H2,1H3,(H2,28,29). The highest BCUT2D eigenvalue weighted by Gasteiger charge is 2.24. The van der Waals surface area contributed by atoms with E-state index in [1.54, 1.807) is 30.3 Å². The molecule has 0 radical (unpaired) electrons. The molecule has 8 nitrogen and oxygen atoms in total. The van der Waals surface area contributed by atoms with Crippen molar-refractivity contribution in [2.24, 2.45) is 5.73 Å². The van der Waals surface area contributed by atoms with Crippen LogP contribution in [0.4, 0.5) is 10.2 Å². The predicted molar refractivity (Wildman–Crippen MR) is 129 cm³/mol. The molecule has 4 N–H and O–H groups in total. The summed E-state index contributed by atoms with van der Waals surface area (Å²) in [7, 11) is 0. The summed E-state index contributed by atoms with van der Waals surface area (Å²) in [5.74, 6) is -0.108. The number of likely N-dealkylation sites (tertiary alicyclic amines) is 1. The third-order valence-corrected chi connectivity index (χ3v) is 6.69. The number of amides is 1. The molecule has 3 heterocycles. The molecule has 4 rings (SSSR count). The molecular formula is C23H25Cl2FN6O2. The Kier molecular flexibility index (Phi) is 7.25. The molecular weight excluding hydrogens is 482 g/mol. The SMILES string of the molecule is CC(Oc1cc(-c2cnn(C3CCN(C(=O)CN)CC3)c2)cnc1N)c1c(Cl)ccc(F)c1Cl. The van der Waals surface area contributed by atoms with E-state index in [0.717, 1.165) is 24.0 Å². The Morgan fingerprint density at radius 1 is 1.26 bits per heavy atom. The number of hydrogen-bond donors (Lipinski definition) is 2. The Hall–Kier alpha value is -2.88. The van der Waals surface area contributed by atoms with Crippen molar-refractivity contribution in [1.82, 2.24) is 19.7 Å². The normalized spacial score (nSPS) is 15.4.